The molecule has 0 saturated heterocycles. The van der Waals surface area contributed by atoms with E-state index < -0.39 is 29.1 Å². The highest BCUT2D eigenvalue weighted by Gasteiger charge is 2.31. The zero-order chi connectivity index (χ0) is 24.3. The topological polar surface area (TPSA) is 76.0 Å². The van der Waals surface area contributed by atoms with Crippen molar-refractivity contribution in [2.24, 2.45) is 0 Å². The van der Waals surface area contributed by atoms with Crippen molar-refractivity contribution in [2.75, 3.05) is 18.9 Å². The first kappa shape index (κ1) is 24.0. The lowest BCUT2D eigenvalue weighted by Gasteiger charge is -2.23. The van der Waals surface area contributed by atoms with Crippen LogP contribution >= 0.6 is 0 Å². The van der Waals surface area contributed by atoms with Gasteiger partial charge in [0.1, 0.15) is 5.56 Å². The Kier molecular flexibility index (Phi) is 6.90. The van der Waals surface area contributed by atoms with Crippen molar-refractivity contribution in [3.8, 4) is 11.1 Å². The Labute approximate surface area is 189 Å². The summed E-state index contributed by atoms with van der Waals surface area (Å²) >= 11 is 0. The second-order valence-electron chi connectivity index (χ2n) is 7.58. The van der Waals surface area contributed by atoms with Gasteiger partial charge in [0, 0.05) is 31.0 Å². The van der Waals surface area contributed by atoms with Gasteiger partial charge in [-0.25, -0.2) is 0 Å². The molecule has 33 heavy (non-hydrogen) atoms. The number of nitrogens with one attached hydrogen (secondary N) is 2. The number of halogens is 3. The lowest BCUT2D eigenvalue weighted by molar-refractivity contribution is -0.137. The van der Waals surface area contributed by atoms with Gasteiger partial charge >= 0.3 is 6.18 Å². The first-order chi connectivity index (χ1) is 15.6. The van der Waals surface area contributed by atoms with E-state index >= 15 is 0 Å². The molecule has 1 atom stereocenters. The number of amides is 1. The fraction of sp³-hybridized carbons (Fsp3) is 0.292. The average molecular weight is 458 g/mol. The Hall–Kier alpha value is -3.62. The number of anilines is 1. The molecule has 0 aliphatic carbocycles. The van der Waals surface area contributed by atoms with E-state index in [1.54, 1.807) is 31.7 Å². The number of carbonyl (C=O) groups excluding carboxylic acids is 1. The molecule has 2 N–H and O–H groups in total. The van der Waals surface area contributed by atoms with Crippen molar-refractivity contribution in [3.63, 3.8) is 0 Å². The predicted molar refractivity (Wildman–Crippen MR) is 121 cm³/mol. The number of hydrogen-bond donors (Lipinski definition) is 2. The SMILES string of the molecule is CCNC(=O)c1cn(C(C)c2ccc(NC)cn2)c(C)c(-c2cccc(C(F)(F)F)c2)c1=O. The zero-order valence-electron chi connectivity index (χ0n) is 18.7. The predicted octanol–water partition coefficient (Wildman–Crippen LogP) is 4.64. The van der Waals surface area contributed by atoms with Crippen LogP contribution in [-0.2, 0) is 6.18 Å². The smallest absolute Gasteiger partial charge is 0.387 e. The lowest BCUT2D eigenvalue weighted by atomic mass is 9.98. The van der Waals surface area contributed by atoms with E-state index in [0.29, 0.717) is 17.9 Å². The fourth-order valence-electron chi connectivity index (χ4n) is 3.68. The van der Waals surface area contributed by atoms with E-state index in [1.165, 1.54) is 18.3 Å². The molecule has 0 fully saturated rings. The second kappa shape index (κ2) is 9.48. The van der Waals surface area contributed by atoms with Gasteiger partial charge in [-0.2, -0.15) is 13.2 Å². The quantitative estimate of drug-likeness (QED) is 0.564. The van der Waals surface area contributed by atoms with E-state index in [-0.39, 0.29) is 16.7 Å². The molecule has 2 heterocycles. The van der Waals surface area contributed by atoms with Crippen molar-refractivity contribution < 1.29 is 18.0 Å². The highest BCUT2D eigenvalue weighted by atomic mass is 19.4. The Balaban J connectivity index is 2.26. The van der Waals surface area contributed by atoms with Gasteiger partial charge in [0.2, 0.25) is 5.43 Å². The molecule has 2 aromatic heterocycles. The van der Waals surface area contributed by atoms with E-state index in [1.807, 2.05) is 19.1 Å². The maximum atomic E-state index is 13.3. The molecule has 1 aromatic carbocycles. The van der Waals surface area contributed by atoms with Crippen LogP contribution in [0.3, 0.4) is 0 Å². The van der Waals surface area contributed by atoms with E-state index in [4.69, 9.17) is 0 Å². The Morgan fingerprint density at radius 1 is 1.21 bits per heavy atom. The summed E-state index contributed by atoms with van der Waals surface area (Å²) in [5.41, 5.74) is 0.410. The number of hydrogen-bond acceptors (Lipinski definition) is 4. The van der Waals surface area contributed by atoms with Gasteiger partial charge in [-0.05, 0) is 50.6 Å². The summed E-state index contributed by atoms with van der Waals surface area (Å²) in [5.74, 6) is -0.588. The number of nitrogens with zero attached hydrogens (tertiary/aromatic N) is 2. The van der Waals surface area contributed by atoms with Gasteiger partial charge in [0.15, 0.2) is 0 Å². The van der Waals surface area contributed by atoms with Gasteiger partial charge in [-0.1, -0.05) is 12.1 Å². The summed E-state index contributed by atoms with van der Waals surface area (Å²) in [4.78, 5) is 30.4. The van der Waals surface area contributed by atoms with Gasteiger partial charge < -0.3 is 15.2 Å². The fourth-order valence-corrected chi connectivity index (χ4v) is 3.68. The number of carbonyl (C=O) groups is 1. The highest BCUT2D eigenvalue weighted by molar-refractivity contribution is 5.95. The van der Waals surface area contributed by atoms with Gasteiger partial charge in [0.05, 0.1) is 29.2 Å². The Morgan fingerprint density at radius 3 is 2.52 bits per heavy atom. The van der Waals surface area contributed by atoms with E-state index in [2.05, 4.69) is 15.6 Å². The van der Waals surface area contributed by atoms with Crippen LogP contribution in [0.15, 0.2) is 53.6 Å². The third-order valence-electron chi connectivity index (χ3n) is 5.47. The molecule has 174 valence electrons. The number of pyridine rings is 2. The summed E-state index contributed by atoms with van der Waals surface area (Å²) in [6.07, 6.45) is -1.47. The maximum absolute atomic E-state index is 13.3. The number of aromatic nitrogens is 2. The summed E-state index contributed by atoms with van der Waals surface area (Å²) in [6.45, 7) is 5.51. The van der Waals surface area contributed by atoms with Gasteiger partial charge in [-0.3, -0.25) is 14.6 Å². The molecule has 0 aliphatic rings. The average Bonchev–Trinajstić information content (AvgIpc) is 2.78. The van der Waals surface area contributed by atoms with Crippen LogP contribution in [0.1, 0.15) is 47.2 Å². The molecule has 3 rings (SSSR count). The number of rotatable bonds is 6. The van der Waals surface area contributed by atoms with Gasteiger partial charge in [0.25, 0.3) is 5.91 Å². The Bertz CT molecular complexity index is 1220. The van der Waals surface area contributed by atoms with Crippen LogP contribution in [0.25, 0.3) is 11.1 Å². The molecule has 0 bridgehead atoms. The minimum atomic E-state index is -4.56. The molecule has 0 aliphatic heterocycles. The Morgan fingerprint density at radius 2 is 1.94 bits per heavy atom. The van der Waals surface area contributed by atoms with Crippen LogP contribution in [0.5, 0.6) is 0 Å². The van der Waals surface area contributed by atoms with Crippen LogP contribution in [-0.4, -0.2) is 29.1 Å². The molecule has 3 aromatic rings. The first-order valence-corrected chi connectivity index (χ1v) is 10.4. The minimum Gasteiger partial charge on any atom is -0.387 e. The summed E-state index contributed by atoms with van der Waals surface area (Å²) in [6, 6.07) is 7.83. The molecule has 0 spiro atoms. The summed E-state index contributed by atoms with van der Waals surface area (Å²) in [7, 11) is 1.77. The van der Waals surface area contributed by atoms with Crippen molar-refractivity contribution in [1.29, 1.82) is 0 Å². The van der Waals surface area contributed by atoms with Crippen molar-refractivity contribution in [3.05, 3.63) is 81.5 Å². The molecule has 0 radical (unpaired) electrons. The maximum Gasteiger partial charge on any atom is 0.416 e. The normalized spacial score (nSPS) is 12.3. The molecule has 6 nitrogen and oxygen atoms in total. The number of benzene rings is 1. The van der Waals surface area contributed by atoms with Crippen molar-refractivity contribution in [2.45, 2.75) is 33.0 Å². The summed E-state index contributed by atoms with van der Waals surface area (Å²) < 4.78 is 41.7. The summed E-state index contributed by atoms with van der Waals surface area (Å²) in [5, 5.41) is 5.58. The molecule has 1 amide bonds. The number of alkyl halides is 3. The monoisotopic (exact) mass is 458 g/mol. The molecule has 1 unspecified atom stereocenters. The largest absolute Gasteiger partial charge is 0.416 e. The van der Waals surface area contributed by atoms with Crippen molar-refractivity contribution in [1.82, 2.24) is 14.9 Å². The zero-order valence-corrected chi connectivity index (χ0v) is 18.7. The lowest BCUT2D eigenvalue weighted by Crippen LogP contribution is -2.31. The van der Waals surface area contributed by atoms with E-state index in [0.717, 1.165) is 17.8 Å². The van der Waals surface area contributed by atoms with Gasteiger partial charge in [-0.15, -0.1) is 0 Å². The molecule has 9 heteroatoms. The van der Waals surface area contributed by atoms with Crippen LogP contribution in [0, 0.1) is 6.92 Å². The van der Waals surface area contributed by atoms with Crippen LogP contribution in [0.2, 0.25) is 0 Å². The van der Waals surface area contributed by atoms with Crippen molar-refractivity contribution >= 4 is 11.6 Å². The third kappa shape index (κ3) is 4.92. The van der Waals surface area contributed by atoms with Crippen LogP contribution < -0.4 is 16.1 Å². The first-order valence-electron chi connectivity index (χ1n) is 10.4. The third-order valence-corrected chi connectivity index (χ3v) is 5.47. The van der Waals surface area contributed by atoms with Crippen LogP contribution in [0.4, 0.5) is 18.9 Å². The van der Waals surface area contributed by atoms with E-state index in [9.17, 15) is 22.8 Å². The highest BCUT2D eigenvalue weighted by Crippen LogP contribution is 2.33. The molecular weight excluding hydrogens is 433 g/mol. The standard InChI is InChI=1S/C24H25F3N4O2/c1-5-29-23(33)19-13-31(14(2)20-10-9-18(28-4)12-30-20)15(3)21(22(19)32)16-7-6-8-17(11-16)24(25,26)27/h6-14,28H,5H2,1-4H3,(H,29,33). The molecule has 0 saturated carbocycles. The molecular formula is C24H25F3N4O2. The second-order valence-corrected chi connectivity index (χ2v) is 7.58. The minimum absolute atomic E-state index is 0.0450.